The fourth-order valence-corrected chi connectivity index (χ4v) is 2.71. The van der Waals surface area contributed by atoms with Gasteiger partial charge in [0.05, 0.1) is 23.7 Å². The molecule has 3 unspecified atom stereocenters. The highest BCUT2D eigenvalue weighted by atomic mass is 32.2. The van der Waals surface area contributed by atoms with Crippen LogP contribution >= 0.6 is 0 Å². The van der Waals surface area contributed by atoms with Gasteiger partial charge in [0.25, 0.3) is 0 Å². The van der Waals surface area contributed by atoms with Crippen molar-refractivity contribution in [2.24, 2.45) is 0 Å². The maximum atomic E-state index is 11.8. The van der Waals surface area contributed by atoms with Crippen molar-refractivity contribution in [3.63, 3.8) is 0 Å². The normalized spacial score (nSPS) is 33.6. The maximum absolute atomic E-state index is 11.8. The molecule has 1 fully saturated rings. The average molecular weight is 205 g/mol. The van der Waals surface area contributed by atoms with Crippen LogP contribution in [-0.4, -0.2) is 39.1 Å². The summed E-state index contributed by atoms with van der Waals surface area (Å²) >= 11 is 0. The predicted molar refractivity (Wildman–Crippen MR) is 54.9 cm³/mol. The molecule has 3 nitrogen and oxygen atoms in total. The van der Waals surface area contributed by atoms with E-state index in [-0.39, 0.29) is 17.4 Å². The van der Waals surface area contributed by atoms with E-state index >= 15 is 0 Å². The summed E-state index contributed by atoms with van der Waals surface area (Å²) in [5, 5.41) is 0.202. The molecule has 1 aliphatic heterocycles. The first-order chi connectivity index (χ1) is 6.02. The molecule has 0 amide bonds. The maximum Gasteiger partial charge on any atom is 0.0972 e. The minimum atomic E-state index is -0.856. The molecule has 4 heteroatoms. The van der Waals surface area contributed by atoms with E-state index < -0.39 is 11.0 Å². The highest BCUT2D eigenvalue weighted by molar-refractivity contribution is 7.83. The standard InChI is InChI=1S/C9H19NO2S/c1-7(2)13(11)10-5-9(4)12-6-8(10)3/h7-9H,5-6H2,1-4H3. The first-order valence-electron chi connectivity index (χ1n) is 4.81. The van der Waals surface area contributed by atoms with Gasteiger partial charge in [-0.15, -0.1) is 0 Å². The van der Waals surface area contributed by atoms with E-state index in [0.717, 1.165) is 6.54 Å². The Kier molecular flexibility index (Phi) is 3.88. The summed E-state index contributed by atoms with van der Waals surface area (Å²) in [6.07, 6.45) is 0.207. The van der Waals surface area contributed by atoms with Crippen molar-refractivity contribution >= 4 is 11.0 Å². The zero-order chi connectivity index (χ0) is 10.0. The number of nitrogens with zero attached hydrogens (tertiary/aromatic N) is 1. The van der Waals surface area contributed by atoms with Gasteiger partial charge in [-0.1, -0.05) is 0 Å². The summed E-state index contributed by atoms with van der Waals surface area (Å²) in [5.74, 6) is 0. The fraction of sp³-hybridized carbons (Fsp3) is 1.00. The summed E-state index contributed by atoms with van der Waals surface area (Å²) in [4.78, 5) is 0. The summed E-state index contributed by atoms with van der Waals surface area (Å²) in [6, 6.07) is 0.277. The molecule has 0 N–H and O–H groups in total. The Morgan fingerprint density at radius 3 is 2.62 bits per heavy atom. The van der Waals surface area contributed by atoms with E-state index in [4.69, 9.17) is 4.74 Å². The third-order valence-corrected chi connectivity index (χ3v) is 3.96. The second-order valence-corrected chi connectivity index (χ2v) is 5.88. The van der Waals surface area contributed by atoms with Crippen LogP contribution in [0, 0.1) is 0 Å². The molecule has 1 rings (SSSR count). The number of ether oxygens (including phenoxy) is 1. The molecule has 0 bridgehead atoms. The molecule has 78 valence electrons. The van der Waals surface area contributed by atoms with E-state index in [2.05, 4.69) is 6.92 Å². The molecule has 1 saturated heterocycles. The van der Waals surface area contributed by atoms with E-state index in [9.17, 15) is 4.21 Å². The molecule has 3 atom stereocenters. The van der Waals surface area contributed by atoms with Crippen LogP contribution in [0.5, 0.6) is 0 Å². The van der Waals surface area contributed by atoms with Crippen molar-refractivity contribution in [2.45, 2.75) is 45.1 Å². The fourth-order valence-electron chi connectivity index (χ4n) is 1.39. The van der Waals surface area contributed by atoms with Gasteiger partial charge < -0.3 is 4.74 Å². The summed E-state index contributed by atoms with van der Waals surface area (Å²) in [7, 11) is -0.856. The zero-order valence-electron chi connectivity index (χ0n) is 8.82. The van der Waals surface area contributed by atoms with Crippen LogP contribution in [0.15, 0.2) is 0 Å². The van der Waals surface area contributed by atoms with Crippen molar-refractivity contribution in [1.82, 2.24) is 4.31 Å². The summed E-state index contributed by atoms with van der Waals surface area (Å²) in [5.41, 5.74) is 0. The first kappa shape index (κ1) is 11.1. The van der Waals surface area contributed by atoms with Crippen molar-refractivity contribution in [1.29, 1.82) is 0 Å². The Labute approximate surface area is 83.0 Å². The quantitative estimate of drug-likeness (QED) is 0.677. The van der Waals surface area contributed by atoms with Crippen molar-refractivity contribution < 1.29 is 8.95 Å². The molecule has 1 heterocycles. The molecule has 0 radical (unpaired) electrons. The van der Waals surface area contributed by atoms with Gasteiger partial charge in [-0.05, 0) is 27.7 Å². The van der Waals surface area contributed by atoms with Crippen LogP contribution in [0.25, 0.3) is 0 Å². The van der Waals surface area contributed by atoms with Crippen LogP contribution < -0.4 is 0 Å². The molecule has 0 aromatic heterocycles. The van der Waals surface area contributed by atoms with Gasteiger partial charge in [0.2, 0.25) is 0 Å². The van der Waals surface area contributed by atoms with Crippen LogP contribution in [0.3, 0.4) is 0 Å². The van der Waals surface area contributed by atoms with Crippen LogP contribution in [0.2, 0.25) is 0 Å². The van der Waals surface area contributed by atoms with Gasteiger partial charge >= 0.3 is 0 Å². The number of rotatable bonds is 2. The molecule has 0 aromatic rings. The van der Waals surface area contributed by atoms with E-state index in [0.29, 0.717) is 6.61 Å². The highest BCUT2D eigenvalue weighted by Crippen LogP contribution is 2.15. The number of hydrogen-bond donors (Lipinski definition) is 0. The lowest BCUT2D eigenvalue weighted by atomic mass is 10.2. The Balaban J connectivity index is 2.60. The van der Waals surface area contributed by atoms with E-state index in [1.54, 1.807) is 0 Å². The lowest BCUT2D eigenvalue weighted by Gasteiger charge is -2.36. The molecular weight excluding hydrogens is 186 g/mol. The molecule has 13 heavy (non-hydrogen) atoms. The van der Waals surface area contributed by atoms with Crippen molar-refractivity contribution in [3.8, 4) is 0 Å². The summed E-state index contributed by atoms with van der Waals surface area (Å²) < 4.78 is 19.3. The number of hydrogen-bond acceptors (Lipinski definition) is 2. The van der Waals surface area contributed by atoms with Crippen LogP contribution in [-0.2, 0) is 15.7 Å². The molecule has 0 aromatic carbocycles. The predicted octanol–water partition coefficient (Wildman–Crippen LogP) is 1.17. The lowest BCUT2D eigenvalue weighted by molar-refractivity contribution is -0.0154. The van der Waals surface area contributed by atoms with Gasteiger partial charge in [0, 0.05) is 17.8 Å². The van der Waals surface area contributed by atoms with Gasteiger partial charge in [0.1, 0.15) is 0 Å². The van der Waals surface area contributed by atoms with Crippen molar-refractivity contribution in [3.05, 3.63) is 0 Å². The van der Waals surface area contributed by atoms with Gasteiger partial charge in [-0.3, -0.25) is 0 Å². The Morgan fingerprint density at radius 1 is 1.46 bits per heavy atom. The largest absolute Gasteiger partial charge is 0.375 e. The van der Waals surface area contributed by atoms with E-state index in [1.165, 1.54) is 0 Å². The van der Waals surface area contributed by atoms with Crippen molar-refractivity contribution in [2.75, 3.05) is 13.2 Å². The molecule has 1 aliphatic rings. The van der Waals surface area contributed by atoms with Gasteiger partial charge in [-0.25, -0.2) is 8.51 Å². The highest BCUT2D eigenvalue weighted by Gasteiger charge is 2.28. The van der Waals surface area contributed by atoms with Crippen LogP contribution in [0.1, 0.15) is 27.7 Å². The summed E-state index contributed by atoms with van der Waals surface area (Å²) in [6.45, 7) is 9.54. The van der Waals surface area contributed by atoms with Gasteiger partial charge in [0.15, 0.2) is 0 Å². The molecule has 0 saturated carbocycles. The monoisotopic (exact) mass is 205 g/mol. The Bertz CT molecular complexity index is 196. The molecule has 0 aliphatic carbocycles. The third-order valence-electron chi connectivity index (χ3n) is 2.19. The second-order valence-electron chi connectivity index (χ2n) is 3.92. The molecular formula is C9H19NO2S. The van der Waals surface area contributed by atoms with E-state index in [1.807, 2.05) is 25.1 Å². The zero-order valence-corrected chi connectivity index (χ0v) is 9.63. The van der Waals surface area contributed by atoms with Gasteiger partial charge in [-0.2, -0.15) is 0 Å². The second kappa shape index (κ2) is 4.53. The minimum Gasteiger partial charge on any atom is -0.375 e. The lowest BCUT2D eigenvalue weighted by Crippen LogP contribution is -2.49. The minimum absolute atomic E-state index is 0.202. The topological polar surface area (TPSA) is 29.5 Å². The van der Waals surface area contributed by atoms with Crippen LogP contribution in [0.4, 0.5) is 0 Å². The smallest absolute Gasteiger partial charge is 0.0972 e. The Morgan fingerprint density at radius 2 is 2.08 bits per heavy atom. The SMILES string of the molecule is CC1CN(S(=O)C(C)C)C(C)CO1. The first-order valence-corrected chi connectivity index (χ1v) is 5.98. The third kappa shape index (κ3) is 2.76. The molecule has 0 spiro atoms. The number of morpholine rings is 1. The Hall–Kier alpha value is 0.0700. The average Bonchev–Trinajstić information content (AvgIpc) is 2.08.